The maximum atomic E-state index is 14.5. The zero-order chi connectivity index (χ0) is 33.3. The summed E-state index contributed by atoms with van der Waals surface area (Å²) in [6.07, 6.45) is 10.9. The average Bonchev–Trinajstić information content (AvgIpc) is 3.61. The molecule has 0 saturated carbocycles. The summed E-state index contributed by atoms with van der Waals surface area (Å²) in [5.41, 5.74) is 3.80. The summed E-state index contributed by atoms with van der Waals surface area (Å²) in [7, 11) is 1.76. The molecule has 8 nitrogen and oxygen atoms in total. The molecule has 46 heavy (non-hydrogen) atoms. The largest absolute Gasteiger partial charge is 0.444 e. The molecule has 2 amide bonds. The van der Waals surface area contributed by atoms with E-state index in [-0.39, 0.29) is 18.0 Å². The highest BCUT2D eigenvalue weighted by Gasteiger charge is 2.36. The number of likely N-dealkylation sites (tertiary alicyclic amines) is 2. The average molecular weight is 634 g/mol. The topological polar surface area (TPSA) is 70.9 Å². The number of rotatable bonds is 8. The minimum Gasteiger partial charge on any atom is -0.444 e. The summed E-state index contributed by atoms with van der Waals surface area (Å²) in [6.45, 7) is 17.7. The van der Waals surface area contributed by atoms with Crippen LogP contribution in [0.15, 0.2) is 36.8 Å². The Kier molecular flexibility index (Phi) is 10.1. The number of ether oxygens (including phenoxy) is 1. The van der Waals surface area contributed by atoms with Gasteiger partial charge in [-0.1, -0.05) is 6.92 Å². The molecule has 2 atom stereocenters. The van der Waals surface area contributed by atoms with Crippen LogP contribution in [0.2, 0.25) is 0 Å². The van der Waals surface area contributed by atoms with E-state index in [1.54, 1.807) is 18.0 Å². The lowest BCUT2D eigenvalue weighted by atomic mass is 9.87. The van der Waals surface area contributed by atoms with E-state index in [9.17, 15) is 14.0 Å². The van der Waals surface area contributed by atoms with Crippen LogP contribution in [0.25, 0.3) is 16.6 Å². The van der Waals surface area contributed by atoms with Gasteiger partial charge in [-0.3, -0.25) is 14.7 Å². The van der Waals surface area contributed by atoms with Crippen LogP contribution in [0.5, 0.6) is 0 Å². The second-order valence-electron chi connectivity index (χ2n) is 14.7. The molecule has 0 aliphatic carbocycles. The molecule has 3 aromatic rings. The number of pyridine rings is 1. The number of amides is 2. The van der Waals surface area contributed by atoms with Gasteiger partial charge in [0.15, 0.2) is 0 Å². The number of hydrogen-bond acceptors (Lipinski definition) is 5. The number of fused-ring (bicyclic) bond motifs is 1. The second-order valence-corrected chi connectivity index (χ2v) is 14.7. The lowest BCUT2D eigenvalue weighted by molar-refractivity contribution is 0.0133. The van der Waals surface area contributed by atoms with E-state index in [2.05, 4.69) is 29.9 Å². The van der Waals surface area contributed by atoms with Crippen molar-refractivity contribution in [2.45, 2.75) is 98.3 Å². The Labute approximate surface area is 273 Å². The van der Waals surface area contributed by atoms with E-state index in [4.69, 9.17) is 4.74 Å². The molecule has 0 unspecified atom stereocenters. The number of carbonyl (C=O) groups is 2. The number of nitrogens with zero attached hydrogens (tertiary/aromatic N) is 5. The van der Waals surface area contributed by atoms with E-state index in [1.807, 2.05) is 56.5 Å². The molecule has 5 rings (SSSR count). The Balaban J connectivity index is 1.34. The minimum absolute atomic E-state index is 0.0146. The van der Waals surface area contributed by atoms with Gasteiger partial charge in [0.2, 0.25) is 0 Å². The summed E-state index contributed by atoms with van der Waals surface area (Å²) in [6, 6.07) is 4.97. The maximum absolute atomic E-state index is 14.5. The van der Waals surface area contributed by atoms with Crippen molar-refractivity contribution >= 4 is 22.9 Å². The minimum atomic E-state index is -0.477. The molecular formula is C37H52FN5O3. The van der Waals surface area contributed by atoms with Crippen molar-refractivity contribution in [2.75, 3.05) is 33.2 Å². The highest BCUT2D eigenvalue weighted by atomic mass is 19.1. The molecular weight excluding hydrogens is 581 g/mol. The van der Waals surface area contributed by atoms with E-state index >= 15 is 0 Å². The molecule has 2 aliphatic heterocycles. The first-order valence-electron chi connectivity index (χ1n) is 17.0. The molecule has 0 spiro atoms. The highest BCUT2D eigenvalue weighted by Crippen LogP contribution is 2.35. The first-order chi connectivity index (χ1) is 21.8. The summed E-state index contributed by atoms with van der Waals surface area (Å²) in [5, 5.41) is 1.16. The molecule has 0 radical (unpaired) electrons. The van der Waals surface area contributed by atoms with Crippen LogP contribution in [-0.4, -0.2) is 87.2 Å². The summed E-state index contributed by atoms with van der Waals surface area (Å²) < 4.78 is 22.2. The fourth-order valence-corrected chi connectivity index (χ4v) is 7.43. The highest BCUT2D eigenvalue weighted by molar-refractivity contribution is 5.99. The molecule has 2 fully saturated rings. The number of aryl methyl sites for hydroxylation is 1. The third-order valence-electron chi connectivity index (χ3n) is 9.97. The summed E-state index contributed by atoms with van der Waals surface area (Å²) in [4.78, 5) is 36.8. The zero-order valence-corrected chi connectivity index (χ0v) is 29.0. The molecule has 1 aromatic carbocycles. The molecule has 2 saturated heterocycles. The first kappa shape index (κ1) is 33.9. The molecule has 0 bridgehead atoms. The normalized spacial score (nSPS) is 18.8. The van der Waals surface area contributed by atoms with Crippen LogP contribution in [0.3, 0.4) is 0 Å². The van der Waals surface area contributed by atoms with E-state index in [0.29, 0.717) is 29.1 Å². The van der Waals surface area contributed by atoms with Crippen LogP contribution < -0.4 is 0 Å². The Hall–Kier alpha value is -3.46. The number of hydrogen-bond donors (Lipinski definition) is 0. The predicted octanol–water partition coefficient (Wildman–Crippen LogP) is 7.24. The van der Waals surface area contributed by atoms with Gasteiger partial charge in [0.05, 0.1) is 23.0 Å². The van der Waals surface area contributed by atoms with Crippen molar-refractivity contribution in [3.05, 3.63) is 59.3 Å². The standard InChI is InChI=1S/C37H52FN5O3/c1-9-31(27-13-16-41(17-14-27)36(45)46-37(5,6)7)42-15-12-26(22-42)18-28-23-43(33-21-39-20-25(4)34(28)33)32-11-10-29(38)19-30(32)35(44)40(8)24(2)3/h10-11,19-21,23-24,26-27,31H,9,12-18,22H2,1-8H3/t26-,31+/m0/s1. The number of halogens is 1. The maximum Gasteiger partial charge on any atom is 0.410 e. The third-order valence-corrected chi connectivity index (χ3v) is 9.97. The summed E-state index contributed by atoms with van der Waals surface area (Å²) in [5.74, 6) is 0.435. The van der Waals surface area contributed by atoms with Crippen molar-refractivity contribution < 1.29 is 18.7 Å². The van der Waals surface area contributed by atoms with Gasteiger partial charge in [0.1, 0.15) is 11.4 Å². The molecule has 9 heteroatoms. The molecule has 2 aromatic heterocycles. The van der Waals surface area contributed by atoms with Gasteiger partial charge in [0, 0.05) is 56.5 Å². The van der Waals surface area contributed by atoms with Crippen molar-refractivity contribution in [1.29, 1.82) is 0 Å². The fourth-order valence-electron chi connectivity index (χ4n) is 7.43. The van der Waals surface area contributed by atoms with Gasteiger partial charge in [0.25, 0.3) is 5.91 Å². The molecule has 2 aliphatic rings. The third kappa shape index (κ3) is 7.24. The number of aromatic nitrogens is 2. The smallest absolute Gasteiger partial charge is 0.410 e. The Morgan fingerprint density at radius 3 is 2.48 bits per heavy atom. The van der Waals surface area contributed by atoms with E-state index in [0.717, 1.165) is 74.7 Å². The van der Waals surface area contributed by atoms with Crippen molar-refractivity contribution in [3.8, 4) is 5.69 Å². The predicted molar refractivity (Wildman–Crippen MR) is 181 cm³/mol. The van der Waals surface area contributed by atoms with Gasteiger partial charge < -0.3 is 19.1 Å². The van der Waals surface area contributed by atoms with Crippen molar-refractivity contribution in [2.24, 2.45) is 11.8 Å². The van der Waals surface area contributed by atoms with Crippen LogP contribution in [0, 0.1) is 24.6 Å². The van der Waals surface area contributed by atoms with Gasteiger partial charge >= 0.3 is 6.09 Å². The van der Waals surface area contributed by atoms with Crippen LogP contribution in [0.4, 0.5) is 9.18 Å². The van der Waals surface area contributed by atoms with Crippen LogP contribution >= 0.6 is 0 Å². The number of carbonyl (C=O) groups excluding carboxylic acids is 2. The number of piperidine rings is 1. The number of benzene rings is 1. The lowest BCUT2D eigenvalue weighted by Crippen LogP contribution is -2.47. The quantitative estimate of drug-likeness (QED) is 0.262. The van der Waals surface area contributed by atoms with Gasteiger partial charge in [-0.15, -0.1) is 0 Å². The van der Waals surface area contributed by atoms with Crippen molar-refractivity contribution in [3.63, 3.8) is 0 Å². The lowest BCUT2D eigenvalue weighted by Gasteiger charge is -2.40. The monoisotopic (exact) mass is 633 g/mol. The van der Waals surface area contributed by atoms with Crippen LogP contribution in [-0.2, 0) is 11.2 Å². The van der Waals surface area contributed by atoms with E-state index < -0.39 is 11.4 Å². The molecule has 250 valence electrons. The Bertz CT molecular complexity index is 1550. The van der Waals surface area contributed by atoms with Gasteiger partial charge in [-0.05, 0) is 121 Å². The molecule has 4 heterocycles. The molecule has 0 N–H and O–H groups in total. The van der Waals surface area contributed by atoms with E-state index in [1.165, 1.54) is 17.7 Å². The second kappa shape index (κ2) is 13.7. The van der Waals surface area contributed by atoms with Crippen molar-refractivity contribution in [1.82, 2.24) is 24.3 Å². The Morgan fingerprint density at radius 2 is 1.83 bits per heavy atom. The first-order valence-corrected chi connectivity index (χ1v) is 17.0. The van der Waals surface area contributed by atoms with Gasteiger partial charge in [-0.2, -0.15) is 0 Å². The SMILES string of the molecule is CC[C@H](C1CCN(C(=O)OC(C)(C)C)CC1)N1CC[C@@H](Cc2cn(-c3ccc(F)cc3C(=O)N(C)C(C)C)c3cncc(C)c23)C1. The summed E-state index contributed by atoms with van der Waals surface area (Å²) >= 11 is 0. The Morgan fingerprint density at radius 1 is 1.11 bits per heavy atom. The zero-order valence-electron chi connectivity index (χ0n) is 29.0. The van der Waals surface area contributed by atoms with Crippen LogP contribution in [0.1, 0.15) is 88.7 Å². The van der Waals surface area contributed by atoms with Gasteiger partial charge in [-0.25, -0.2) is 9.18 Å². The fraction of sp³-hybridized carbons (Fsp3) is 0.595.